The number of piperidine rings is 1. The van der Waals surface area contributed by atoms with Crippen molar-refractivity contribution in [1.82, 2.24) is 4.90 Å². The Labute approximate surface area is 200 Å². The van der Waals surface area contributed by atoms with E-state index in [4.69, 9.17) is 4.74 Å². The lowest BCUT2D eigenvalue weighted by Crippen LogP contribution is -2.41. The fourth-order valence-corrected chi connectivity index (χ4v) is 3.90. The van der Waals surface area contributed by atoms with Crippen molar-refractivity contribution < 1.29 is 27.5 Å². The highest BCUT2D eigenvalue weighted by molar-refractivity contribution is 5.96. The van der Waals surface area contributed by atoms with E-state index in [1.807, 2.05) is 18.2 Å². The largest absolute Gasteiger partial charge is 0.482 e. The topological polar surface area (TPSA) is 70.7 Å². The minimum atomic E-state index is -4.52. The second kappa shape index (κ2) is 10.5. The number of likely N-dealkylation sites (tertiary alicyclic amines) is 1. The van der Waals surface area contributed by atoms with Crippen molar-refractivity contribution in [3.8, 4) is 11.5 Å². The van der Waals surface area contributed by atoms with Gasteiger partial charge >= 0.3 is 6.30 Å². The van der Waals surface area contributed by atoms with E-state index in [1.54, 1.807) is 41.3 Å². The maximum atomic E-state index is 12.9. The summed E-state index contributed by atoms with van der Waals surface area (Å²) in [7, 11) is 0. The molecule has 1 aliphatic rings. The molecule has 1 fully saturated rings. The van der Waals surface area contributed by atoms with Crippen molar-refractivity contribution in [2.24, 2.45) is 5.92 Å². The molecule has 0 aromatic heterocycles. The number of carbonyl (C=O) groups is 2. The van der Waals surface area contributed by atoms with Crippen LogP contribution in [0.15, 0.2) is 78.9 Å². The van der Waals surface area contributed by atoms with Gasteiger partial charge in [0.1, 0.15) is 5.75 Å². The van der Waals surface area contributed by atoms with Crippen molar-refractivity contribution in [2.75, 3.05) is 23.7 Å². The smallest absolute Gasteiger partial charge is 0.455 e. The summed E-state index contributed by atoms with van der Waals surface area (Å²) < 4.78 is 43.2. The van der Waals surface area contributed by atoms with E-state index in [0.717, 1.165) is 0 Å². The lowest BCUT2D eigenvalue weighted by Gasteiger charge is -2.31. The van der Waals surface area contributed by atoms with Gasteiger partial charge in [0, 0.05) is 30.3 Å². The molecule has 3 aromatic rings. The zero-order valence-corrected chi connectivity index (χ0v) is 18.7. The predicted molar refractivity (Wildman–Crippen MR) is 126 cm³/mol. The SMILES string of the molecule is O=C(Nc1ccccc1Oc1ccc(NC(F)(F)F)cc1)C1CCN(C(=O)c2ccccc2)CC1. The molecule has 1 aliphatic heterocycles. The monoisotopic (exact) mass is 483 g/mol. The first-order valence-electron chi connectivity index (χ1n) is 11.2. The van der Waals surface area contributed by atoms with E-state index in [2.05, 4.69) is 5.32 Å². The van der Waals surface area contributed by atoms with Crippen LogP contribution < -0.4 is 15.4 Å². The van der Waals surface area contributed by atoms with Crippen LogP contribution in [0.25, 0.3) is 0 Å². The molecular weight excluding hydrogens is 459 g/mol. The number of hydrogen-bond acceptors (Lipinski definition) is 4. The molecular formula is C26H24F3N3O3. The number of hydrogen-bond donors (Lipinski definition) is 2. The van der Waals surface area contributed by atoms with E-state index < -0.39 is 6.30 Å². The fraction of sp³-hybridized carbons (Fsp3) is 0.231. The number of nitrogens with one attached hydrogen (secondary N) is 2. The van der Waals surface area contributed by atoms with E-state index in [-0.39, 0.29) is 23.4 Å². The number of alkyl halides is 3. The lowest BCUT2D eigenvalue weighted by molar-refractivity contribution is -0.121. The van der Waals surface area contributed by atoms with Gasteiger partial charge in [-0.25, -0.2) is 0 Å². The van der Waals surface area contributed by atoms with Crippen LogP contribution in [0, 0.1) is 5.92 Å². The number of para-hydroxylation sites is 2. The Balaban J connectivity index is 1.35. The fourth-order valence-electron chi connectivity index (χ4n) is 3.90. The number of halogens is 3. The number of rotatable bonds is 6. The highest BCUT2D eigenvalue weighted by atomic mass is 19.4. The summed E-state index contributed by atoms with van der Waals surface area (Å²) in [5.74, 6) is 0.231. The highest BCUT2D eigenvalue weighted by Gasteiger charge is 2.29. The Morgan fingerprint density at radius 1 is 0.857 bits per heavy atom. The third-order valence-corrected chi connectivity index (χ3v) is 5.69. The number of amides is 2. The van der Waals surface area contributed by atoms with Gasteiger partial charge in [-0.05, 0) is 61.4 Å². The van der Waals surface area contributed by atoms with Crippen LogP contribution in [-0.2, 0) is 4.79 Å². The van der Waals surface area contributed by atoms with Crippen molar-refractivity contribution >= 4 is 23.2 Å². The molecule has 4 rings (SSSR count). The number of ether oxygens (including phenoxy) is 1. The van der Waals surface area contributed by atoms with Crippen LogP contribution in [-0.4, -0.2) is 36.1 Å². The van der Waals surface area contributed by atoms with E-state index in [0.29, 0.717) is 48.7 Å². The molecule has 0 unspecified atom stereocenters. The van der Waals surface area contributed by atoms with Gasteiger partial charge in [0.2, 0.25) is 5.91 Å². The van der Waals surface area contributed by atoms with Gasteiger partial charge < -0.3 is 15.0 Å². The summed E-state index contributed by atoms with van der Waals surface area (Å²) >= 11 is 0. The van der Waals surface area contributed by atoms with Crippen LogP contribution in [0.1, 0.15) is 23.2 Å². The Morgan fingerprint density at radius 3 is 2.14 bits per heavy atom. The van der Waals surface area contributed by atoms with E-state index in [9.17, 15) is 22.8 Å². The average Bonchev–Trinajstić information content (AvgIpc) is 2.85. The van der Waals surface area contributed by atoms with Crippen LogP contribution in [0.4, 0.5) is 24.5 Å². The number of carbonyl (C=O) groups excluding carboxylic acids is 2. The molecule has 35 heavy (non-hydrogen) atoms. The molecule has 0 saturated carbocycles. The molecule has 3 aromatic carbocycles. The molecule has 182 valence electrons. The molecule has 6 nitrogen and oxygen atoms in total. The Hall–Kier alpha value is -4.01. The van der Waals surface area contributed by atoms with Crippen LogP contribution >= 0.6 is 0 Å². The number of anilines is 2. The molecule has 2 amide bonds. The third-order valence-electron chi connectivity index (χ3n) is 5.69. The molecule has 0 atom stereocenters. The van der Waals surface area contributed by atoms with Gasteiger partial charge in [-0.2, -0.15) is 13.2 Å². The normalized spacial score (nSPS) is 14.3. The van der Waals surface area contributed by atoms with Crippen molar-refractivity contribution in [3.63, 3.8) is 0 Å². The summed E-state index contributed by atoms with van der Waals surface area (Å²) in [6, 6.07) is 21.2. The first-order valence-corrected chi connectivity index (χ1v) is 11.2. The van der Waals surface area contributed by atoms with Gasteiger partial charge in [0.25, 0.3) is 5.91 Å². The Kier molecular flexibility index (Phi) is 7.24. The van der Waals surface area contributed by atoms with Crippen LogP contribution in [0.5, 0.6) is 11.5 Å². The quantitative estimate of drug-likeness (QED) is 0.428. The lowest BCUT2D eigenvalue weighted by atomic mass is 9.95. The van der Waals surface area contributed by atoms with Gasteiger partial charge in [-0.15, -0.1) is 0 Å². The molecule has 0 bridgehead atoms. The molecule has 1 heterocycles. The zero-order chi connectivity index (χ0) is 24.8. The molecule has 2 N–H and O–H groups in total. The van der Waals surface area contributed by atoms with Crippen LogP contribution in [0.3, 0.4) is 0 Å². The summed E-state index contributed by atoms with van der Waals surface area (Å²) in [5.41, 5.74) is 0.977. The number of nitrogens with zero attached hydrogens (tertiary/aromatic N) is 1. The summed E-state index contributed by atoms with van der Waals surface area (Å²) in [5, 5.41) is 4.32. The average molecular weight is 483 g/mol. The minimum absolute atomic E-state index is 0.0420. The highest BCUT2D eigenvalue weighted by Crippen LogP contribution is 2.31. The molecule has 0 spiro atoms. The standard InChI is InChI=1S/C26H24F3N3O3/c27-26(28,29)31-20-10-12-21(13-11-20)35-23-9-5-4-8-22(23)30-24(33)18-14-16-32(17-15-18)25(34)19-6-2-1-3-7-19/h1-13,18,31H,14-17H2,(H,30,33). The summed E-state index contributed by atoms with van der Waals surface area (Å²) in [4.78, 5) is 27.3. The second-order valence-corrected chi connectivity index (χ2v) is 8.17. The first kappa shape index (κ1) is 24.1. The maximum absolute atomic E-state index is 12.9. The molecule has 1 saturated heterocycles. The summed E-state index contributed by atoms with van der Waals surface area (Å²) in [6.07, 6.45) is -3.44. The maximum Gasteiger partial charge on any atom is 0.482 e. The van der Waals surface area contributed by atoms with Gasteiger partial charge in [-0.3, -0.25) is 14.9 Å². The van der Waals surface area contributed by atoms with Crippen molar-refractivity contribution in [3.05, 3.63) is 84.4 Å². The molecule has 9 heteroatoms. The van der Waals surface area contributed by atoms with Gasteiger partial charge in [-0.1, -0.05) is 30.3 Å². The van der Waals surface area contributed by atoms with Crippen LogP contribution in [0.2, 0.25) is 0 Å². The molecule has 0 radical (unpaired) electrons. The van der Waals surface area contributed by atoms with Crippen molar-refractivity contribution in [2.45, 2.75) is 19.1 Å². The summed E-state index contributed by atoms with van der Waals surface area (Å²) in [6.45, 7) is 0.977. The third kappa shape index (κ3) is 6.53. The van der Waals surface area contributed by atoms with E-state index in [1.165, 1.54) is 29.6 Å². The van der Waals surface area contributed by atoms with Gasteiger partial charge in [0.05, 0.1) is 5.69 Å². The Morgan fingerprint density at radius 2 is 1.49 bits per heavy atom. The Bertz CT molecular complexity index is 1160. The second-order valence-electron chi connectivity index (χ2n) is 8.17. The number of benzene rings is 3. The molecule has 0 aliphatic carbocycles. The minimum Gasteiger partial charge on any atom is -0.455 e. The van der Waals surface area contributed by atoms with E-state index >= 15 is 0 Å². The predicted octanol–water partition coefficient (Wildman–Crippen LogP) is 5.90. The van der Waals surface area contributed by atoms with Gasteiger partial charge in [0.15, 0.2) is 5.75 Å². The van der Waals surface area contributed by atoms with Crippen molar-refractivity contribution in [1.29, 1.82) is 0 Å². The first-order chi connectivity index (χ1) is 16.8. The zero-order valence-electron chi connectivity index (χ0n) is 18.7.